The summed E-state index contributed by atoms with van der Waals surface area (Å²) in [6.45, 7) is 4.61. The monoisotopic (exact) mass is 358 g/mol. The molecular formula is C19H22N2O3S. The molecule has 0 radical (unpaired) electrons. The highest BCUT2D eigenvalue weighted by Gasteiger charge is 2.30. The highest BCUT2D eigenvalue weighted by Crippen LogP contribution is 2.38. The van der Waals surface area contributed by atoms with E-state index >= 15 is 0 Å². The Balaban J connectivity index is 1.45. The zero-order valence-electron chi connectivity index (χ0n) is 14.3. The van der Waals surface area contributed by atoms with E-state index in [4.69, 9.17) is 9.47 Å². The summed E-state index contributed by atoms with van der Waals surface area (Å²) in [6.07, 6.45) is 2.00. The summed E-state index contributed by atoms with van der Waals surface area (Å²) in [6, 6.07) is 10.3. The fourth-order valence-corrected chi connectivity index (χ4v) is 4.30. The Morgan fingerprint density at radius 2 is 2.08 bits per heavy atom. The molecule has 1 N–H and O–H groups in total. The van der Waals surface area contributed by atoms with E-state index in [2.05, 4.69) is 24.4 Å². The Hall–Kier alpha value is -2.21. The third-order valence-corrected chi connectivity index (χ3v) is 5.68. The second-order valence-electron chi connectivity index (χ2n) is 6.43. The summed E-state index contributed by atoms with van der Waals surface area (Å²) in [5.41, 5.74) is 1.11. The highest BCUT2D eigenvalue weighted by atomic mass is 32.1. The maximum atomic E-state index is 12.7. The van der Waals surface area contributed by atoms with Crippen molar-refractivity contribution in [2.24, 2.45) is 0 Å². The minimum absolute atomic E-state index is 0.00319. The van der Waals surface area contributed by atoms with Gasteiger partial charge in [0.05, 0.1) is 12.6 Å². The van der Waals surface area contributed by atoms with Gasteiger partial charge in [0.15, 0.2) is 11.5 Å². The first-order valence-electron chi connectivity index (χ1n) is 8.70. The lowest BCUT2D eigenvalue weighted by atomic mass is 10.0. The minimum Gasteiger partial charge on any atom is -0.486 e. The molecule has 0 aliphatic carbocycles. The summed E-state index contributed by atoms with van der Waals surface area (Å²) in [5.74, 6) is 1.57. The predicted molar refractivity (Wildman–Crippen MR) is 97.4 cm³/mol. The second-order valence-corrected chi connectivity index (χ2v) is 7.80. The van der Waals surface area contributed by atoms with Crippen molar-refractivity contribution >= 4 is 17.4 Å². The van der Waals surface area contributed by atoms with Gasteiger partial charge in [0.25, 0.3) is 0 Å². The van der Waals surface area contributed by atoms with Crippen LogP contribution in [-0.2, 0) is 6.54 Å². The van der Waals surface area contributed by atoms with Crippen LogP contribution in [0.2, 0.25) is 0 Å². The molecule has 4 rings (SSSR count). The Kier molecular flexibility index (Phi) is 4.53. The quantitative estimate of drug-likeness (QED) is 0.906. The Bertz CT molecular complexity index is 774. The zero-order chi connectivity index (χ0) is 17.2. The van der Waals surface area contributed by atoms with E-state index in [1.807, 2.05) is 23.1 Å². The third kappa shape index (κ3) is 3.44. The van der Waals surface area contributed by atoms with Crippen molar-refractivity contribution in [3.63, 3.8) is 0 Å². The second kappa shape index (κ2) is 6.96. The molecule has 3 heterocycles. The fraction of sp³-hybridized carbons (Fsp3) is 0.421. The molecule has 2 aliphatic heterocycles. The molecule has 0 saturated carbocycles. The van der Waals surface area contributed by atoms with Gasteiger partial charge in [0.2, 0.25) is 0 Å². The normalized spacial score (nSPS) is 19.1. The number of fused-ring (bicyclic) bond motifs is 1. The first kappa shape index (κ1) is 16.3. The van der Waals surface area contributed by atoms with Crippen LogP contribution in [0.1, 0.15) is 34.2 Å². The van der Waals surface area contributed by atoms with Gasteiger partial charge in [-0.15, -0.1) is 11.3 Å². The van der Waals surface area contributed by atoms with E-state index in [1.165, 1.54) is 9.75 Å². The number of hydrogen-bond donors (Lipinski definition) is 1. The lowest BCUT2D eigenvalue weighted by molar-refractivity contribution is 0.170. The van der Waals surface area contributed by atoms with Crippen LogP contribution < -0.4 is 14.8 Å². The number of amides is 2. The number of thiophene rings is 1. The maximum Gasteiger partial charge on any atom is 0.318 e. The topological polar surface area (TPSA) is 50.8 Å². The SMILES string of the molecule is Cc1ccc(CNC(=O)N2CCCC2c2ccc3c(c2)OCCO3)s1. The van der Waals surface area contributed by atoms with E-state index in [-0.39, 0.29) is 12.1 Å². The molecule has 1 saturated heterocycles. The van der Waals surface area contributed by atoms with Crippen molar-refractivity contribution < 1.29 is 14.3 Å². The smallest absolute Gasteiger partial charge is 0.318 e. The highest BCUT2D eigenvalue weighted by molar-refractivity contribution is 7.11. The number of nitrogens with one attached hydrogen (secondary N) is 1. The van der Waals surface area contributed by atoms with Gasteiger partial charge in [-0.1, -0.05) is 6.07 Å². The van der Waals surface area contributed by atoms with Gasteiger partial charge in [-0.3, -0.25) is 0 Å². The summed E-state index contributed by atoms with van der Waals surface area (Å²) < 4.78 is 11.3. The van der Waals surface area contributed by atoms with E-state index in [9.17, 15) is 4.79 Å². The molecule has 1 aromatic heterocycles. The average Bonchev–Trinajstić information content (AvgIpc) is 3.28. The Morgan fingerprint density at radius 3 is 2.88 bits per heavy atom. The number of aryl methyl sites for hydroxylation is 1. The van der Waals surface area contributed by atoms with E-state index in [1.54, 1.807) is 11.3 Å². The standard InChI is InChI=1S/C19H22N2O3S/c1-13-4-6-15(25-13)12-20-19(22)21-8-2-3-16(21)14-5-7-17-18(11-14)24-10-9-23-17/h4-7,11,16H,2-3,8-10,12H2,1H3,(H,20,22). The van der Waals surface area contributed by atoms with Gasteiger partial charge in [-0.2, -0.15) is 0 Å². The molecule has 132 valence electrons. The van der Waals surface area contributed by atoms with Crippen LogP contribution in [-0.4, -0.2) is 30.7 Å². The molecule has 1 fully saturated rings. The Morgan fingerprint density at radius 1 is 1.24 bits per heavy atom. The Labute approximate surface area is 151 Å². The number of carbonyl (C=O) groups is 1. The molecule has 6 heteroatoms. The van der Waals surface area contributed by atoms with E-state index < -0.39 is 0 Å². The van der Waals surface area contributed by atoms with Crippen molar-refractivity contribution in [2.75, 3.05) is 19.8 Å². The molecule has 25 heavy (non-hydrogen) atoms. The van der Waals surface area contributed by atoms with Gasteiger partial charge in [-0.05, 0) is 49.6 Å². The molecule has 2 amide bonds. The molecule has 2 aromatic rings. The van der Waals surface area contributed by atoms with Crippen molar-refractivity contribution in [1.82, 2.24) is 10.2 Å². The molecule has 5 nitrogen and oxygen atoms in total. The summed E-state index contributed by atoms with van der Waals surface area (Å²) in [4.78, 5) is 17.0. The number of hydrogen-bond acceptors (Lipinski definition) is 4. The molecule has 0 spiro atoms. The van der Waals surface area contributed by atoms with Crippen LogP contribution in [0.4, 0.5) is 4.79 Å². The van der Waals surface area contributed by atoms with Gasteiger partial charge >= 0.3 is 6.03 Å². The van der Waals surface area contributed by atoms with Crippen molar-refractivity contribution in [2.45, 2.75) is 32.4 Å². The molecule has 1 unspecified atom stereocenters. The first-order valence-corrected chi connectivity index (χ1v) is 9.52. The number of rotatable bonds is 3. The number of carbonyl (C=O) groups excluding carboxylic acids is 1. The van der Waals surface area contributed by atoms with Crippen LogP contribution in [0.3, 0.4) is 0 Å². The minimum atomic E-state index is 0.00319. The van der Waals surface area contributed by atoms with Crippen LogP contribution in [0, 0.1) is 6.92 Å². The maximum absolute atomic E-state index is 12.7. The number of nitrogens with zero attached hydrogens (tertiary/aromatic N) is 1. The largest absolute Gasteiger partial charge is 0.486 e. The van der Waals surface area contributed by atoms with Crippen LogP contribution >= 0.6 is 11.3 Å². The molecule has 1 atom stereocenters. The number of ether oxygens (including phenoxy) is 2. The summed E-state index contributed by atoms with van der Waals surface area (Å²) >= 11 is 1.72. The molecule has 0 bridgehead atoms. The molecule has 1 aromatic carbocycles. The van der Waals surface area contributed by atoms with Crippen molar-refractivity contribution in [3.8, 4) is 11.5 Å². The van der Waals surface area contributed by atoms with Crippen LogP contribution in [0.15, 0.2) is 30.3 Å². The number of benzene rings is 1. The third-order valence-electron chi connectivity index (χ3n) is 4.67. The average molecular weight is 358 g/mol. The van der Waals surface area contributed by atoms with Crippen LogP contribution in [0.5, 0.6) is 11.5 Å². The predicted octanol–water partition coefficient (Wildman–Crippen LogP) is 3.87. The molecule has 2 aliphatic rings. The van der Waals surface area contributed by atoms with Gasteiger partial charge in [0.1, 0.15) is 13.2 Å². The zero-order valence-corrected chi connectivity index (χ0v) is 15.1. The van der Waals surface area contributed by atoms with Crippen molar-refractivity contribution in [1.29, 1.82) is 0 Å². The van der Waals surface area contributed by atoms with Gasteiger partial charge in [0, 0.05) is 16.3 Å². The van der Waals surface area contributed by atoms with Crippen molar-refractivity contribution in [3.05, 3.63) is 45.6 Å². The number of likely N-dealkylation sites (tertiary alicyclic amines) is 1. The lowest BCUT2D eigenvalue weighted by Crippen LogP contribution is -2.39. The molecular weight excluding hydrogens is 336 g/mol. The van der Waals surface area contributed by atoms with E-state index in [0.717, 1.165) is 36.4 Å². The number of urea groups is 1. The van der Waals surface area contributed by atoms with E-state index in [0.29, 0.717) is 19.8 Å². The first-order chi connectivity index (χ1) is 12.2. The van der Waals surface area contributed by atoms with Gasteiger partial charge in [-0.25, -0.2) is 4.79 Å². The van der Waals surface area contributed by atoms with Crippen LogP contribution in [0.25, 0.3) is 0 Å². The fourth-order valence-electron chi connectivity index (χ4n) is 3.47. The van der Waals surface area contributed by atoms with Gasteiger partial charge < -0.3 is 19.7 Å². The lowest BCUT2D eigenvalue weighted by Gasteiger charge is -2.27. The summed E-state index contributed by atoms with van der Waals surface area (Å²) in [5, 5.41) is 3.06. The summed E-state index contributed by atoms with van der Waals surface area (Å²) in [7, 11) is 0.